The summed E-state index contributed by atoms with van der Waals surface area (Å²) < 4.78 is 13.3. The summed E-state index contributed by atoms with van der Waals surface area (Å²) in [6, 6.07) is 3.88. The number of aromatic nitrogens is 1. The molecule has 1 aromatic heterocycles. The zero-order chi connectivity index (χ0) is 12.3. The van der Waals surface area contributed by atoms with Crippen molar-refractivity contribution in [2.45, 2.75) is 6.92 Å². The van der Waals surface area contributed by atoms with E-state index in [9.17, 15) is 4.39 Å². The lowest BCUT2D eigenvalue weighted by Gasteiger charge is -1.97. The van der Waals surface area contributed by atoms with E-state index in [1.165, 1.54) is 29.7 Å². The molecule has 0 aliphatic rings. The van der Waals surface area contributed by atoms with Crippen molar-refractivity contribution in [3.63, 3.8) is 0 Å². The molecule has 6 heteroatoms. The molecule has 0 radical (unpaired) electrons. The summed E-state index contributed by atoms with van der Waals surface area (Å²) in [5.41, 5.74) is 3.90. The van der Waals surface area contributed by atoms with Crippen molar-refractivity contribution in [3.05, 3.63) is 40.7 Å². The van der Waals surface area contributed by atoms with Crippen LogP contribution in [0.4, 0.5) is 9.52 Å². The summed E-state index contributed by atoms with van der Waals surface area (Å²) in [5, 5.41) is 15.4. The van der Waals surface area contributed by atoms with Gasteiger partial charge in [0.05, 0.1) is 11.9 Å². The number of rotatable bonds is 3. The fourth-order valence-corrected chi connectivity index (χ4v) is 1.82. The maximum atomic E-state index is 13.3. The molecule has 0 aliphatic heterocycles. The van der Waals surface area contributed by atoms with E-state index < -0.39 is 5.82 Å². The number of aromatic hydroxyl groups is 1. The van der Waals surface area contributed by atoms with E-state index in [1.807, 2.05) is 12.3 Å². The van der Waals surface area contributed by atoms with Gasteiger partial charge in [0.25, 0.3) is 0 Å². The first-order valence-corrected chi connectivity index (χ1v) is 5.73. The Bertz CT molecular complexity index is 553. The van der Waals surface area contributed by atoms with Crippen LogP contribution in [0.2, 0.25) is 0 Å². The van der Waals surface area contributed by atoms with Crippen LogP contribution in [0.25, 0.3) is 0 Å². The zero-order valence-electron chi connectivity index (χ0n) is 9.01. The fraction of sp³-hybridized carbons (Fsp3) is 0.0909. The second-order valence-corrected chi connectivity index (χ2v) is 4.23. The molecule has 4 nitrogen and oxygen atoms in total. The number of benzene rings is 1. The highest BCUT2D eigenvalue weighted by Crippen LogP contribution is 2.15. The summed E-state index contributed by atoms with van der Waals surface area (Å²) in [4.78, 5) is 4.14. The number of hydrazone groups is 1. The molecule has 1 aromatic carbocycles. The van der Waals surface area contributed by atoms with E-state index >= 15 is 0 Å². The highest BCUT2D eigenvalue weighted by molar-refractivity contribution is 7.13. The Morgan fingerprint density at radius 1 is 1.53 bits per heavy atom. The van der Waals surface area contributed by atoms with Crippen LogP contribution < -0.4 is 5.43 Å². The van der Waals surface area contributed by atoms with Crippen LogP contribution >= 0.6 is 11.3 Å². The van der Waals surface area contributed by atoms with Crippen LogP contribution in [0, 0.1) is 12.7 Å². The fourth-order valence-electron chi connectivity index (χ4n) is 1.18. The molecule has 17 heavy (non-hydrogen) atoms. The highest BCUT2D eigenvalue weighted by atomic mass is 32.1. The highest BCUT2D eigenvalue weighted by Gasteiger charge is 2.00. The molecule has 0 saturated heterocycles. The SMILES string of the molecule is Cc1csc(NN=Cc2ccc(O)cc2F)n1. The molecular weight excluding hydrogens is 241 g/mol. The molecule has 88 valence electrons. The summed E-state index contributed by atoms with van der Waals surface area (Å²) in [6.45, 7) is 1.88. The predicted octanol–water partition coefficient (Wildman–Crippen LogP) is 2.74. The van der Waals surface area contributed by atoms with Crippen LogP contribution in [-0.4, -0.2) is 16.3 Å². The van der Waals surface area contributed by atoms with E-state index in [0.717, 1.165) is 11.8 Å². The Hall–Kier alpha value is -1.95. The largest absolute Gasteiger partial charge is 0.508 e. The zero-order valence-corrected chi connectivity index (χ0v) is 9.83. The summed E-state index contributed by atoms with van der Waals surface area (Å²) in [6.07, 6.45) is 1.34. The topological polar surface area (TPSA) is 57.5 Å². The van der Waals surface area contributed by atoms with Crippen molar-refractivity contribution in [1.29, 1.82) is 0 Å². The number of nitrogens with zero attached hydrogens (tertiary/aromatic N) is 2. The number of phenolic OH excluding ortho intramolecular Hbond substituents is 1. The number of anilines is 1. The number of nitrogens with one attached hydrogen (secondary N) is 1. The van der Waals surface area contributed by atoms with E-state index in [2.05, 4.69) is 15.5 Å². The summed E-state index contributed by atoms with van der Waals surface area (Å²) in [5.74, 6) is -0.631. The van der Waals surface area contributed by atoms with Gasteiger partial charge in [-0.05, 0) is 19.1 Å². The third kappa shape index (κ3) is 3.01. The molecule has 2 rings (SSSR count). The van der Waals surface area contributed by atoms with Gasteiger partial charge in [0.1, 0.15) is 11.6 Å². The quantitative estimate of drug-likeness (QED) is 0.651. The van der Waals surface area contributed by atoms with Crippen molar-refractivity contribution in [2.24, 2.45) is 5.10 Å². The van der Waals surface area contributed by atoms with Crippen molar-refractivity contribution >= 4 is 22.7 Å². The molecule has 2 aromatic rings. The van der Waals surface area contributed by atoms with E-state index in [1.54, 1.807) is 0 Å². The number of hydrogen-bond acceptors (Lipinski definition) is 5. The standard InChI is InChI=1S/C11H10FN3OS/c1-7-6-17-11(14-7)15-13-5-8-2-3-9(16)4-10(8)12/h2-6,16H,1H3,(H,14,15). The Kier molecular flexibility index (Phi) is 3.34. The van der Waals surface area contributed by atoms with Crippen LogP contribution in [0.5, 0.6) is 5.75 Å². The monoisotopic (exact) mass is 251 g/mol. The van der Waals surface area contributed by atoms with Crippen molar-refractivity contribution in [2.75, 3.05) is 5.43 Å². The number of halogens is 1. The first-order valence-electron chi connectivity index (χ1n) is 4.85. The molecule has 0 aliphatic carbocycles. The van der Waals surface area contributed by atoms with Gasteiger partial charge in [-0.3, -0.25) is 5.43 Å². The number of hydrogen-bond donors (Lipinski definition) is 2. The van der Waals surface area contributed by atoms with Gasteiger partial charge in [-0.2, -0.15) is 5.10 Å². The molecule has 0 amide bonds. The Morgan fingerprint density at radius 2 is 2.35 bits per heavy atom. The minimum atomic E-state index is -0.522. The Morgan fingerprint density at radius 3 is 3.00 bits per heavy atom. The number of phenols is 1. The first-order chi connectivity index (χ1) is 8.15. The number of aryl methyl sites for hydroxylation is 1. The molecule has 0 spiro atoms. The average molecular weight is 251 g/mol. The third-order valence-electron chi connectivity index (χ3n) is 1.97. The van der Waals surface area contributed by atoms with E-state index in [-0.39, 0.29) is 5.75 Å². The van der Waals surface area contributed by atoms with Crippen molar-refractivity contribution in [1.82, 2.24) is 4.98 Å². The lowest BCUT2D eigenvalue weighted by molar-refractivity contribution is 0.469. The Balaban J connectivity index is 2.05. The van der Waals surface area contributed by atoms with Crippen LogP contribution in [0.1, 0.15) is 11.3 Å². The second kappa shape index (κ2) is 4.92. The number of thiazole rings is 1. The molecule has 0 unspecified atom stereocenters. The predicted molar refractivity (Wildman–Crippen MR) is 66.1 cm³/mol. The van der Waals surface area contributed by atoms with Crippen LogP contribution in [-0.2, 0) is 0 Å². The maximum Gasteiger partial charge on any atom is 0.203 e. The third-order valence-corrected chi connectivity index (χ3v) is 2.83. The van der Waals surface area contributed by atoms with Crippen LogP contribution in [0.3, 0.4) is 0 Å². The minimum absolute atomic E-state index is 0.108. The van der Waals surface area contributed by atoms with Crippen molar-refractivity contribution < 1.29 is 9.50 Å². The first kappa shape index (κ1) is 11.5. The normalized spacial score (nSPS) is 10.9. The van der Waals surface area contributed by atoms with Gasteiger partial charge in [-0.25, -0.2) is 9.37 Å². The van der Waals surface area contributed by atoms with E-state index in [4.69, 9.17) is 5.11 Å². The van der Waals surface area contributed by atoms with Gasteiger partial charge >= 0.3 is 0 Å². The maximum absolute atomic E-state index is 13.3. The van der Waals surface area contributed by atoms with Gasteiger partial charge in [-0.15, -0.1) is 11.3 Å². The Labute approximate surface area is 101 Å². The molecule has 0 bridgehead atoms. The van der Waals surface area contributed by atoms with E-state index in [0.29, 0.717) is 10.7 Å². The van der Waals surface area contributed by atoms with Gasteiger partial charge < -0.3 is 5.11 Å². The van der Waals surface area contributed by atoms with Gasteiger partial charge in [0, 0.05) is 17.0 Å². The smallest absolute Gasteiger partial charge is 0.203 e. The molecule has 2 N–H and O–H groups in total. The van der Waals surface area contributed by atoms with Gasteiger partial charge in [0.15, 0.2) is 0 Å². The second-order valence-electron chi connectivity index (χ2n) is 3.37. The van der Waals surface area contributed by atoms with Crippen LogP contribution in [0.15, 0.2) is 28.7 Å². The van der Waals surface area contributed by atoms with Gasteiger partial charge in [-0.1, -0.05) is 0 Å². The molecule has 0 saturated carbocycles. The average Bonchev–Trinajstić information content (AvgIpc) is 2.68. The molecule has 0 atom stereocenters. The molecule has 1 heterocycles. The van der Waals surface area contributed by atoms with Gasteiger partial charge in [0.2, 0.25) is 5.13 Å². The molecular formula is C11H10FN3OS. The minimum Gasteiger partial charge on any atom is -0.508 e. The summed E-state index contributed by atoms with van der Waals surface area (Å²) >= 11 is 1.42. The molecule has 0 fully saturated rings. The summed E-state index contributed by atoms with van der Waals surface area (Å²) in [7, 11) is 0. The van der Waals surface area contributed by atoms with Crippen molar-refractivity contribution in [3.8, 4) is 5.75 Å². The lowest BCUT2D eigenvalue weighted by Crippen LogP contribution is -1.92. The lowest BCUT2D eigenvalue weighted by atomic mass is 10.2.